The molecule has 1 heterocycles. The van der Waals surface area contributed by atoms with Crippen LogP contribution < -0.4 is 0 Å². The summed E-state index contributed by atoms with van der Waals surface area (Å²) in [5.74, 6) is 0.712. The third kappa shape index (κ3) is 2.84. The zero-order valence-electron chi connectivity index (χ0n) is 11.0. The lowest BCUT2D eigenvalue weighted by Crippen LogP contribution is -2.31. The summed E-state index contributed by atoms with van der Waals surface area (Å²) >= 11 is 3.45. The molecule has 0 N–H and O–H groups in total. The second-order valence-corrected chi connectivity index (χ2v) is 5.30. The number of halogens is 1. The van der Waals surface area contributed by atoms with Crippen LogP contribution in [0.1, 0.15) is 24.4 Å². The Morgan fingerprint density at radius 3 is 2.74 bits per heavy atom. The molecule has 1 atom stereocenters. The summed E-state index contributed by atoms with van der Waals surface area (Å²) in [6, 6.07) is 7.60. The Labute approximate surface area is 120 Å². The maximum atomic E-state index is 11.7. The molecule has 1 aromatic heterocycles. The molecule has 0 aliphatic carbocycles. The molecular formula is C13H15BrN4O. The first-order chi connectivity index (χ1) is 9.00. The van der Waals surface area contributed by atoms with Gasteiger partial charge in [-0.25, -0.2) is 0 Å². The molecule has 0 fully saturated rings. The zero-order valence-corrected chi connectivity index (χ0v) is 12.6. The van der Waals surface area contributed by atoms with Crippen LogP contribution in [0.15, 0.2) is 35.1 Å². The number of carbonyl (C=O) groups is 1. The van der Waals surface area contributed by atoms with E-state index in [0.717, 1.165) is 15.9 Å². The van der Waals surface area contributed by atoms with Crippen LogP contribution in [-0.4, -0.2) is 32.6 Å². The Morgan fingerprint density at radius 2 is 2.21 bits per heavy atom. The first kappa shape index (κ1) is 13.7. The molecule has 0 radical (unpaired) electrons. The molecule has 1 aromatic carbocycles. The molecule has 19 heavy (non-hydrogen) atoms. The van der Waals surface area contributed by atoms with E-state index in [1.165, 1.54) is 0 Å². The third-order valence-corrected chi connectivity index (χ3v) is 3.53. The van der Waals surface area contributed by atoms with Crippen molar-refractivity contribution in [2.45, 2.75) is 13.0 Å². The first-order valence-corrected chi connectivity index (χ1v) is 6.62. The van der Waals surface area contributed by atoms with Crippen molar-refractivity contribution >= 4 is 21.8 Å². The molecule has 1 amide bonds. The van der Waals surface area contributed by atoms with Gasteiger partial charge < -0.3 is 9.47 Å². The second-order valence-electron chi connectivity index (χ2n) is 4.39. The minimum atomic E-state index is -0.248. The fourth-order valence-corrected chi connectivity index (χ4v) is 2.36. The van der Waals surface area contributed by atoms with Gasteiger partial charge in [0, 0.05) is 25.5 Å². The number of hydrogen-bond donors (Lipinski definition) is 0. The summed E-state index contributed by atoms with van der Waals surface area (Å²) in [6.07, 6.45) is 1.63. The van der Waals surface area contributed by atoms with E-state index in [9.17, 15) is 4.79 Å². The van der Waals surface area contributed by atoms with Gasteiger partial charge in [-0.15, -0.1) is 10.2 Å². The normalized spacial score (nSPS) is 12.2. The molecule has 1 unspecified atom stereocenters. The monoisotopic (exact) mass is 322 g/mol. The molecule has 0 aliphatic rings. The maximum Gasteiger partial charge on any atom is 0.220 e. The number of rotatable bonds is 3. The van der Waals surface area contributed by atoms with E-state index in [-0.39, 0.29) is 11.9 Å². The molecule has 5 nitrogen and oxygen atoms in total. The van der Waals surface area contributed by atoms with Crippen molar-refractivity contribution in [3.8, 4) is 0 Å². The van der Waals surface area contributed by atoms with Crippen molar-refractivity contribution < 1.29 is 4.79 Å². The van der Waals surface area contributed by atoms with E-state index in [2.05, 4.69) is 26.1 Å². The van der Waals surface area contributed by atoms with Gasteiger partial charge in [-0.2, -0.15) is 0 Å². The fourth-order valence-electron chi connectivity index (χ4n) is 1.94. The SMILES string of the molecule is CC(=O)N(C)C(c1cccc(Br)c1)c1nncn1C. The Hall–Kier alpha value is -1.69. The molecule has 0 spiro atoms. The summed E-state index contributed by atoms with van der Waals surface area (Å²) in [6.45, 7) is 1.54. The summed E-state index contributed by atoms with van der Waals surface area (Å²) in [5, 5.41) is 8.02. The molecule has 0 aliphatic heterocycles. The van der Waals surface area contributed by atoms with E-state index < -0.39 is 0 Å². The fraction of sp³-hybridized carbons (Fsp3) is 0.308. The van der Waals surface area contributed by atoms with Crippen molar-refractivity contribution in [1.82, 2.24) is 19.7 Å². The van der Waals surface area contributed by atoms with Crippen molar-refractivity contribution in [3.05, 3.63) is 46.5 Å². The second kappa shape index (κ2) is 5.52. The summed E-state index contributed by atoms with van der Waals surface area (Å²) in [5.41, 5.74) is 0.989. The van der Waals surface area contributed by atoms with E-state index in [1.807, 2.05) is 35.9 Å². The van der Waals surface area contributed by atoms with Crippen LogP contribution in [-0.2, 0) is 11.8 Å². The molecule has 0 saturated carbocycles. The van der Waals surface area contributed by atoms with E-state index in [4.69, 9.17) is 0 Å². The van der Waals surface area contributed by atoms with Crippen molar-refractivity contribution in [2.75, 3.05) is 7.05 Å². The van der Waals surface area contributed by atoms with E-state index in [1.54, 1.807) is 25.2 Å². The van der Waals surface area contributed by atoms with Gasteiger partial charge >= 0.3 is 0 Å². The summed E-state index contributed by atoms with van der Waals surface area (Å²) in [7, 11) is 3.64. The van der Waals surface area contributed by atoms with Crippen molar-refractivity contribution in [2.24, 2.45) is 7.05 Å². The lowest BCUT2D eigenvalue weighted by atomic mass is 10.0. The zero-order chi connectivity index (χ0) is 14.0. The Bertz CT molecular complexity index is 596. The van der Waals surface area contributed by atoms with E-state index >= 15 is 0 Å². The molecule has 2 rings (SSSR count). The number of benzene rings is 1. The minimum Gasteiger partial charge on any atom is -0.332 e. The van der Waals surface area contributed by atoms with Gasteiger partial charge in [0.2, 0.25) is 5.91 Å². The highest BCUT2D eigenvalue weighted by atomic mass is 79.9. The number of carbonyl (C=O) groups excluding carboxylic acids is 1. The molecule has 0 saturated heterocycles. The number of nitrogens with zero attached hydrogens (tertiary/aromatic N) is 4. The largest absolute Gasteiger partial charge is 0.332 e. The van der Waals surface area contributed by atoms with E-state index in [0.29, 0.717) is 0 Å². The molecular weight excluding hydrogens is 308 g/mol. The van der Waals surface area contributed by atoms with Crippen molar-refractivity contribution in [1.29, 1.82) is 0 Å². The lowest BCUT2D eigenvalue weighted by Gasteiger charge is -2.26. The van der Waals surface area contributed by atoms with Gasteiger partial charge in [0.05, 0.1) is 0 Å². The molecule has 2 aromatic rings. The highest BCUT2D eigenvalue weighted by Gasteiger charge is 2.25. The molecule has 100 valence electrons. The average Bonchev–Trinajstić information content (AvgIpc) is 2.76. The highest BCUT2D eigenvalue weighted by molar-refractivity contribution is 9.10. The van der Waals surface area contributed by atoms with Crippen LogP contribution in [0.2, 0.25) is 0 Å². The number of hydrogen-bond acceptors (Lipinski definition) is 3. The predicted molar refractivity (Wildman–Crippen MR) is 75.4 cm³/mol. The molecule has 0 bridgehead atoms. The van der Waals surface area contributed by atoms with Crippen LogP contribution >= 0.6 is 15.9 Å². The first-order valence-electron chi connectivity index (χ1n) is 5.83. The quantitative estimate of drug-likeness (QED) is 0.870. The van der Waals surface area contributed by atoms with Crippen LogP contribution in [0, 0.1) is 0 Å². The van der Waals surface area contributed by atoms with Gasteiger partial charge in [-0.3, -0.25) is 4.79 Å². The van der Waals surface area contributed by atoms with Crippen LogP contribution in [0.5, 0.6) is 0 Å². The number of aryl methyl sites for hydroxylation is 1. The minimum absolute atomic E-state index is 0.0204. The lowest BCUT2D eigenvalue weighted by molar-refractivity contribution is -0.129. The Morgan fingerprint density at radius 1 is 1.47 bits per heavy atom. The van der Waals surface area contributed by atoms with Gasteiger partial charge in [0.25, 0.3) is 0 Å². The summed E-state index contributed by atoms with van der Waals surface area (Å²) in [4.78, 5) is 13.4. The average molecular weight is 323 g/mol. The Balaban J connectivity index is 2.52. The van der Waals surface area contributed by atoms with Gasteiger partial charge in [-0.05, 0) is 17.7 Å². The van der Waals surface area contributed by atoms with Crippen LogP contribution in [0.4, 0.5) is 0 Å². The topological polar surface area (TPSA) is 51.0 Å². The Kier molecular flexibility index (Phi) is 3.99. The van der Waals surface area contributed by atoms with Crippen LogP contribution in [0.3, 0.4) is 0 Å². The summed E-state index contributed by atoms with van der Waals surface area (Å²) < 4.78 is 2.79. The van der Waals surface area contributed by atoms with Crippen molar-refractivity contribution in [3.63, 3.8) is 0 Å². The maximum absolute atomic E-state index is 11.7. The smallest absolute Gasteiger partial charge is 0.220 e. The number of aromatic nitrogens is 3. The third-order valence-electron chi connectivity index (χ3n) is 3.04. The number of amides is 1. The van der Waals surface area contributed by atoms with Crippen LogP contribution in [0.25, 0.3) is 0 Å². The van der Waals surface area contributed by atoms with Gasteiger partial charge in [0.15, 0.2) is 5.82 Å². The van der Waals surface area contributed by atoms with Gasteiger partial charge in [-0.1, -0.05) is 28.1 Å². The predicted octanol–water partition coefficient (Wildman–Crippen LogP) is 2.15. The van der Waals surface area contributed by atoms with Gasteiger partial charge in [0.1, 0.15) is 12.4 Å². The standard InChI is InChI=1S/C13H15BrN4O/c1-9(19)18(3)12(13-16-15-8-17(13)2)10-5-4-6-11(14)7-10/h4-8,12H,1-3H3. The highest BCUT2D eigenvalue weighted by Crippen LogP contribution is 2.27. The molecule has 6 heteroatoms.